The Kier molecular flexibility index (Phi) is 6.38. The number of sulfonamides is 1. The molecule has 150 valence electrons. The molecular weight excluding hydrogens is 474 g/mol. The SMILES string of the molecule is O=C(NNC(=O)C1CCN(S(=O)(=O)c2cccnc2Cl)CC1)c1cc(Br)c[nH]1. The second-order valence-electron chi connectivity index (χ2n) is 6.15. The second kappa shape index (κ2) is 8.60. The molecule has 1 fully saturated rings. The quantitative estimate of drug-likeness (QED) is 0.444. The molecule has 3 rings (SSSR count). The first kappa shape index (κ1) is 20.8. The van der Waals surface area contributed by atoms with E-state index in [2.05, 4.69) is 36.7 Å². The number of hydrogen-bond donors (Lipinski definition) is 3. The number of pyridine rings is 1. The molecule has 0 unspecified atom stereocenters. The number of rotatable bonds is 4. The number of piperidine rings is 1. The van der Waals surface area contributed by atoms with Gasteiger partial charge in [0.1, 0.15) is 15.7 Å². The Hall–Kier alpha value is -1.95. The van der Waals surface area contributed by atoms with Crippen molar-refractivity contribution in [2.24, 2.45) is 5.92 Å². The third kappa shape index (κ3) is 4.54. The van der Waals surface area contributed by atoms with E-state index in [1.54, 1.807) is 12.3 Å². The van der Waals surface area contributed by atoms with Gasteiger partial charge >= 0.3 is 0 Å². The summed E-state index contributed by atoms with van der Waals surface area (Å²) >= 11 is 9.12. The van der Waals surface area contributed by atoms with E-state index in [1.807, 2.05) is 0 Å². The minimum Gasteiger partial charge on any atom is -0.356 e. The van der Waals surface area contributed by atoms with Crippen molar-refractivity contribution in [3.05, 3.63) is 45.9 Å². The lowest BCUT2D eigenvalue weighted by Crippen LogP contribution is -2.48. The lowest BCUT2D eigenvalue weighted by molar-refractivity contribution is -0.126. The Balaban J connectivity index is 1.54. The average Bonchev–Trinajstić information content (AvgIpc) is 3.12. The van der Waals surface area contributed by atoms with Crippen LogP contribution >= 0.6 is 27.5 Å². The number of nitrogens with zero attached hydrogens (tertiary/aromatic N) is 2. The minimum absolute atomic E-state index is 0.0519. The molecule has 0 radical (unpaired) electrons. The maximum absolute atomic E-state index is 12.7. The van der Waals surface area contributed by atoms with Crippen LogP contribution in [0.3, 0.4) is 0 Å². The first-order chi connectivity index (χ1) is 13.3. The first-order valence-electron chi connectivity index (χ1n) is 8.34. The second-order valence-corrected chi connectivity index (χ2v) is 9.33. The molecule has 2 aromatic heterocycles. The molecule has 1 aliphatic heterocycles. The zero-order chi connectivity index (χ0) is 20.3. The summed E-state index contributed by atoms with van der Waals surface area (Å²) in [5, 5.41) is -0.0824. The molecule has 3 heterocycles. The number of carbonyl (C=O) groups excluding carboxylic acids is 2. The Bertz CT molecular complexity index is 988. The van der Waals surface area contributed by atoms with Crippen LogP contribution in [0.4, 0.5) is 0 Å². The lowest BCUT2D eigenvalue weighted by Gasteiger charge is -2.30. The van der Waals surface area contributed by atoms with Gasteiger partial charge in [-0.2, -0.15) is 4.31 Å². The highest BCUT2D eigenvalue weighted by Gasteiger charge is 2.33. The van der Waals surface area contributed by atoms with Gasteiger partial charge in [0.05, 0.1) is 0 Å². The number of amides is 2. The summed E-state index contributed by atoms with van der Waals surface area (Å²) in [5.41, 5.74) is 5.01. The Morgan fingerprint density at radius 2 is 2.00 bits per heavy atom. The van der Waals surface area contributed by atoms with Crippen LogP contribution in [0.25, 0.3) is 0 Å². The molecule has 0 saturated carbocycles. The third-order valence-electron chi connectivity index (χ3n) is 4.36. The normalized spacial score (nSPS) is 15.9. The molecule has 3 N–H and O–H groups in total. The molecule has 1 saturated heterocycles. The number of nitrogens with one attached hydrogen (secondary N) is 3. The number of H-pyrrole nitrogens is 1. The van der Waals surface area contributed by atoms with Gasteiger partial charge in [-0.15, -0.1) is 0 Å². The van der Waals surface area contributed by atoms with Crippen LogP contribution in [0, 0.1) is 5.92 Å². The molecule has 0 atom stereocenters. The third-order valence-corrected chi connectivity index (χ3v) is 7.16. The average molecular weight is 491 g/mol. The van der Waals surface area contributed by atoms with Gasteiger partial charge in [-0.05, 0) is 47.0 Å². The van der Waals surface area contributed by atoms with Crippen LogP contribution in [0.2, 0.25) is 5.15 Å². The molecule has 0 aliphatic carbocycles. The van der Waals surface area contributed by atoms with Gasteiger partial charge in [0.2, 0.25) is 15.9 Å². The number of aromatic amines is 1. The molecule has 0 spiro atoms. The monoisotopic (exact) mass is 489 g/mol. The van der Waals surface area contributed by atoms with E-state index in [1.165, 1.54) is 22.6 Å². The summed E-state index contributed by atoms with van der Waals surface area (Å²) in [6.07, 6.45) is 3.67. The Morgan fingerprint density at radius 3 is 2.61 bits per heavy atom. The van der Waals surface area contributed by atoms with Gasteiger partial charge in [0.25, 0.3) is 5.91 Å². The summed E-state index contributed by atoms with van der Waals surface area (Å²) in [5.74, 6) is -1.26. The Labute approximate surface area is 175 Å². The first-order valence-corrected chi connectivity index (χ1v) is 10.9. The van der Waals surface area contributed by atoms with Crippen molar-refractivity contribution < 1.29 is 18.0 Å². The van der Waals surface area contributed by atoms with Crippen molar-refractivity contribution in [3.63, 3.8) is 0 Å². The summed E-state index contributed by atoms with van der Waals surface area (Å²) in [4.78, 5) is 30.7. The van der Waals surface area contributed by atoms with Crippen LogP contribution in [-0.2, 0) is 14.8 Å². The van der Waals surface area contributed by atoms with Crippen molar-refractivity contribution in [2.75, 3.05) is 13.1 Å². The van der Waals surface area contributed by atoms with Crippen LogP contribution in [0.15, 0.2) is 40.0 Å². The smallest absolute Gasteiger partial charge is 0.286 e. The van der Waals surface area contributed by atoms with Gasteiger partial charge in [-0.25, -0.2) is 13.4 Å². The summed E-state index contributed by atoms with van der Waals surface area (Å²) in [7, 11) is -3.77. The van der Waals surface area contributed by atoms with E-state index in [9.17, 15) is 18.0 Å². The Morgan fingerprint density at radius 1 is 1.29 bits per heavy atom. The van der Waals surface area contributed by atoms with Crippen molar-refractivity contribution >= 4 is 49.4 Å². The number of hydrogen-bond acceptors (Lipinski definition) is 5. The molecule has 9 nitrogen and oxygen atoms in total. The van der Waals surface area contributed by atoms with E-state index in [0.717, 1.165) is 0 Å². The van der Waals surface area contributed by atoms with Crippen LogP contribution < -0.4 is 10.9 Å². The van der Waals surface area contributed by atoms with Gasteiger partial charge in [0.15, 0.2) is 0 Å². The van der Waals surface area contributed by atoms with E-state index < -0.39 is 21.8 Å². The van der Waals surface area contributed by atoms with Crippen molar-refractivity contribution in [2.45, 2.75) is 17.7 Å². The molecule has 2 amide bonds. The lowest BCUT2D eigenvalue weighted by atomic mass is 9.98. The predicted molar refractivity (Wildman–Crippen MR) is 105 cm³/mol. The molecule has 28 heavy (non-hydrogen) atoms. The molecular formula is C16H17BrClN5O4S. The van der Waals surface area contributed by atoms with Crippen molar-refractivity contribution in [1.82, 2.24) is 25.1 Å². The minimum atomic E-state index is -3.77. The fourth-order valence-electron chi connectivity index (χ4n) is 2.85. The maximum Gasteiger partial charge on any atom is 0.286 e. The summed E-state index contributed by atoms with van der Waals surface area (Å²) in [6, 6.07) is 4.48. The predicted octanol–water partition coefficient (Wildman–Crippen LogP) is 1.69. The van der Waals surface area contributed by atoms with E-state index in [4.69, 9.17) is 11.6 Å². The molecule has 0 aromatic carbocycles. The van der Waals surface area contributed by atoms with Crippen molar-refractivity contribution in [3.8, 4) is 0 Å². The highest BCUT2D eigenvalue weighted by atomic mass is 79.9. The highest BCUT2D eigenvalue weighted by Crippen LogP contribution is 2.26. The van der Waals surface area contributed by atoms with Gasteiger partial charge < -0.3 is 4.98 Å². The van der Waals surface area contributed by atoms with Gasteiger partial charge in [-0.3, -0.25) is 20.4 Å². The topological polar surface area (TPSA) is 124 Å². The van der Waals surface area contributed by atoms with Crippen molar-refractivity contribution in [1.29, 1.82) is 0 Å². The fourth-order valence-corrected chi connectivity index (χ4v) is 5.09. The number of aromatic nitrogens is 2. The summed E-state index contributed by atoms with van der Waals surface area (Å²) < 4.78 is 27.4. The van der Waals surface area contributed by atoms with E-state index in [-0.39, 0.29) is 29.0 Å². The van der Waals surface area contributed by atoms with Gasteiger partial charge in [0, 0.05) is 35.9 Å². The molecule has 0 bridgehead atoms. The van der Waals surface area contributed by atoms with E-state index >= 15 is 0 Å². The standard InChI is InChI=1S/C16H17BrClN5O4S/c17-11-8-12(20-9-11)16(25)22-21-15(24)10-3-6-23(7-4-10)28(26,27)13-2-1-5-19-14(13)18/h1-2,5,8-10,20H,3-4,6-7H2,(H,21,24)(H,22,25). The van der Waals surface area contributed by atoms with E-state index in [0.29, 0.717) is 23.0 Å². The maximum atomic E-state index is 12.7. The highest BCUT2D eigenvalue weighted by molar-refractivity contribution is 9.10. The van der Waals surface area contributed by atoms with Crippen LogP contribution in [0.5, 0.6) is 0 Å². The summed E-state index contributed by atoms with van der Waals surface area (Å²) in [6.45, 7) is 0.340. The zero-order valence-electron chi connectivity index (χ0n) is 14.5. The van der Waals surface area contributed by atoms with Gasteiger partial charge in [-0.1, -0.05) is 11.6 Å². The number of carbonyl (C=O) groups is 2. The number of hydrazine groups is 1. The van der Waals surface area contributed by atoms with Crippen LogP contribution in [-0.4, -0.2) is 47.6 Å². The molecule has 2 aromatic rings. The molecule has 12 heteroatoms. The molecule has 1 aliphatic rings. The largest absolute Gasteiger partial charge is 0.356 e. The van der Waals surface area contributed by atoms with Crippen LogP contribution in [0.1, 0.15) is 23.3 Å². The number of halogens is 2. The fraction of sp³-hybridized carbons (Fsp3) is 0.312. The zero-order valence-corrected chi connectivity index (χ0v) is 17.6.